The minimum atomic E-state index is -0.909. The monoisotopic (exact) mass is 329 g/mol. The molecule has 0 aliphatic heterocycles. The Morgan fingerprint density at radius 3 is 2.71 bits per heavy atom. The Labute approximate surface area is 142 Å². The number of thiazole rings is 1. The van der Waals surface area contributed by atoms with Gasteiger partial charge in [0.25, 0.3) is 0 Å². The van der Waals surface area contributed by atoms with E-state index in [0.717, 1.165) is 21.1 Å². The fraction of sp³-hybridized carbons (Fsp3) is 0.0526. The summed E-state index contributed by atoms with van der Waals surface area (Å²) < 4.78 is 0.972. The molecule has 0 N–H and O–H groups in total. The molecule has 2 aromatic heterocycles. The maximum absolute atomic E-state index is 13.0. The minimum Gasteiger partial charge on any atom is -0.292 e. The van der Waals surface area contributed by atoms with Gasteiger partial charge in [-0.25, -0.2) is 4.98 Å². The standard InChI is InChI=1S/C19H11N3OS/c20-11-14(19-22-16-7-1-2-9-17(16)24-19)18(23)13-5-3-8-15-12(13)6-4-10-21-15/h1-10,14H/t14-/m0/s1. The lowest BCUT2D eigenvalue weighted by molar-refractivity contribution is 0.0980. The van der Waals surface area contributed by atoms with Crippen molar-refractivity contribution in [2.45, 2.75) is 5.92 Å². The van der Waals surface area contributed by atoms with Gasteiger partial charge >= 0.3 is 0 Å². The third kappa shape index (κ3) is 2.34. The van der Waals surface area contributed by atoms with Crippen LogP contribution in [0.25, 0.3) is 21.1 Å². The van der Waals surface area contributed by atoms with E-state index in [1.54, 1.807) is 24.4 Å². The van der Waals surface area contributed by atoms with Crippen molar-refractivity contribution in [2.75, 3.05) is 0 Å². The molecule has 114 valence electrons. The normalized spacial score (nSPS) is 12.1. The van der Waals surface area contributed by atoms with Crippen molar-refractivity contribution in [1.82, 2.24) is 9.97 Å². The molecule has 0 spiro atoms. The number of hydrogen-bond donors (Lipinski definition) is 0. The maximum atomic E-state index is 13.0. The highest BCUT2D eigenvalue weighted by molar-refractivity contribution is 7.18. The molecule has 0 radical (unpaired) electrons. The Morgan fingerprint density at radius 1 is 1.04 bits per heavy atom. The maximum Gasteiger partial charge on any atom is 0.187 e. The molecule has 0 saturated heterocycles. The van der Waals surface area contributed by atoms with Gasteiger partial charge in [-0.3, -0.25) is 9.78 Å². The first-order chi connectivity index (χ1) is 11.8. The number of benzene rings is 2. The zero-order valence-corrected chi connectivity index (χ0v) is 13.3. The predicted molar refractivity (Wildman–Crippen MR) is 94.0 cm³/mol. The van der Waals surface area contributed by atoms with Gasteiger partial charge in [-0.2, -0.15) is 5.26 Å². The Hall–Kier alpha value is -3.10. The Balaban J connectivity index is 1.83. The molecule has 24 heavy (non-hydrogen) atoms. The van der Waals surface area contributed by atoms with Gasteiger partial charge in [0.15, 0.2) is 11.7 Å². The average Bonchev–Trinajstić information content (AvgIpc) is 3.05. The molecule has 4 nitrogen and oxygen atoms in total. The summed E-state index contributed by atoms with van der Waals surface area (Å²) >= 11 is 1.39. The third-order valence-corrected chi connectivity index (χ3v) is 4.96. The number of carbonyl (C=O) groups is 1. The largest absolute Gasteiger partial charge is 0.292 e. The molecule has 0 unspecified atom stereocenters. The van der Waals surface area contributed by atoms with Gasteiger partial charge in [0.05, 0.1) is 21.8 Å². The van der Waals surface area contributed by atoms with Crippen LogP contribution in [0, 0.1) is 11.3 Å². The Kier molecular flexibility index (Phi) is 3.52. The van der Waals surface area contributed by atoms with Crippen LogP contribution in [-0.4, -0.2) is 15.8 Å². The van der Waals surface area contributed by atoms with Crippen LogP contribution in [0.2, 0.25) is 0 Å². The van der Waals surface area contributed by atoms with E-state index < -0.39 is 5.92 Å². The third-order valence-electron chi connectivity index (χ3n) is 3.86. The topological polar surface area (TPSA) is 66.6 Å². The number of pyridine rings is 1. The zero-order valence-electron chi connectivity index (χ0n) is 12.5. The quantitative estimate of drug-likeness (QED) is 0.525. The summed E-state index contributed by atoms with van der Waals surface area (Å²) in [7, 11) is 0. The van der Waals surface area contributed by atoms with E-state index in [4.69, 9.17) is 0 Å². The van der Waals surface area contributed by atoms with Gasteiger partial charge in [-0.05, 0) is 24.3 Å². The fourth-order valence-corrected chi connectivity index (χ4v) is 3.72. The summed E-state index contributed by atoms with van der Waals surface area (Å²) in [5, 5.41) is 10.9. The Bertz CT molecular complexity index is 1070. The molecule has 0 aliphatic rings. The molecule has 0 saturated carbocycles. The second-order valence-corrected chi connectivity index (χ2v) is 6.38. The summed E-state index contributed by atoms with van der Waals surface area (Å²) in [5.41, 5.74) is 2.06. The van der Waals surface area contributed by atoms with Gasteiger partial charge in [-0.15, -0.1) is 11.3 Å². The van der Waals surface area contributed by atoms with Crippen LogP contribution < -0.4 is 0 Å². The molecule has 5 heteroatoms. The van der Waals surface area contributed by atoms with E-state index in [0.29, 0.717) is 10.6 Å². The molecule has 4 rings (SSSR count). The van der Waals surface area contributed by atoms with E-state index in [9.17, 15) is 10.1 Å². The van der Waals surface area contributed by atoms with Gasteiger partial charge < -0.3 is 0 Å². The van der Waals surface area contributed by atoms with Gasteiger partial charge in [0.2, 0.25) is 0 Å². The number of ketones is 1. The molecular formula is C19H11N3OS. The zero-order chi connectivity index (χ0) is 16.5. The van der Waals surface area contributed by atoms with Crippen molar-refractivity contribution in [1.29, 1.82) is 5.26 Å². The number of nitrogens with zero attached hydrogens (tertiary/aromatic N) is 3. The lowest BCUT2D eigenvalue weighted by Crippen LogP contribution is -2.11. The number of aromatic nitrogens is 2. The Morgan fingerprint density at radius 2 is 1.88 bits per heavy atom. The van der Waals surface area contributed by atoms with Crippen molar-refractivity contribution in [3.63, 3.8) is 0 Å². The van der Waals surface area contributed by atoms with E-state index in [1.165, 1.54) is 11.3 Å². The molecular weight excluding hydrogens is 318 g/mol. The molecule has 0 aliphatic carbocycles. The van der Waals surface area contributed by atoms with Crippen LogP contribution in [-0.2, 0) is 0 Å². The molecule has 2 aromatic carbocycles. The number of Topliss-reactive ketones (excluding diaryl/α,β-unsaturated/α-hetero) is 1. The highest BCUT2D eigenvalue weighted by atomic mass is 32.1. The van der Waals surface area contributed by atoms with E-state index in [2.05, 4.69) is 16.0 Å². The second kappa shape index (κ2) is 5.84. The summed E-state index contributed by atoms with van der Waals surface area (Å²) in [4.78, 5) is 21.7. The molecule has 4 aromatic rings. The summed E-state index contributed by atoms with van der Waals surface area (Å²) in [6, 6.07) is 18.8. The molecule has 0 bridgehead atoms. The SMILES string of the molecule is N#C[C@@H](C(=O)c1cccc2ncccc12)c1nc2ccccc2s1. The second-order valence-electron chi connectivity index (χ2n) is 5.32. The predicted octanol–water partition coefficient (Wildman–Crippen LogP) is 4.33. The van der Waals surface area contributed by atoms with Crippen LogP contribution in [0.5, 0.6) is 0 Å². The number of nitriles is 1. The lowest BCUT2D eigenvalue weighted by atomic mass is 9.96. The fourth-order valence-electron chi connectivity index (χ4n) is 2.71. The number of hydrogen-bond acceptors (Lipinski definition) is 5. The minimum absolute atomic E-state index is 0.241. The van der Waals surface area contributed by atoms with Crippen LogP contribution in [0.15, 0.2) is 60.8 Å². The van der Waals surface area contributed by atoms with Crippen molar-refractivity contribution < 1.29 is 4.79 Å². The highest BCUT2D eigenvalue weighted by Crippen LogP contribution is 2.30. The van der Waals surface area contributed by atoms with Crippen LogP contribution in [0.4, 0.5) is 0 Å². The number of rotatable bonds is 3. The van der Waals surface area contributed by atoms with Gasteiger partial charge in [0, 0.05) is 17.1 Å². The van der Waals surface area contributed by atoms with Crippen LogP contribution in [0.1, 0.15) is 21.3 Å². The smallest absolute Gasteiger partial charge is 0.187 e. The molecule has 1 atom stereocenters. The number of fused-ring (bicyclic) bond motifs is 2. The van der Waals surface area contributed by atoms with E-state index in [1.807, 2.05) is 36.4 Å². The molecule has 2 heterocycles. The van der Waals surface area contributed by atoms with Crippen molar-refractivity contribution in [2.24, 2.45) is 0 Å². The lowest BCUT2D eigenvalue weighted by Gasteiger charge is -2.08. The molecule has 0 fully saturated rings. The van der Waals surface area contributed by atoms with Crippen LogP contribution >= 0.6 is 11.3 Å². The van der Waals surface area contributed by atoms with Crippen molar-refractivity contribution in [3.05, 3.63) is 71.4 Å². The highest BCUT2D eigenvalue weighted by Gasteiger charge is 2.26. The first-order valence-electron chi connectivity index (χ1n) is 7.41. The number of carbonyl (C=O) groups excluding carboxylic acids is 1. The summed E-state index contributed by atoms with van der Waals surface area (Å²) in [6.45, 7) is 0. The van der Waals surface area contributed by atoms with Crippen molar-refractivity contribution in [3.8, 4) is 6.07 Å². The van der Waals surface area contributed by atoms with Gasteiger partial charge in [-0.1, -0.05) is 30.3 Å². The summed E-state index contributed by atoms with van der Waals surface area (Å²) in [6.07, 6.45) is 1.69. The first-order valence-corrected chi connectivity index (χ1v) is 8.22. The van der Waals surface area contributed by atoms with E-state index >= 15 is 0 Å². The van der Waals surface area contributed by atoms with Crippen LogP contribution in [0.3, 0.4) is 0 Å². The molecule has 0 amide bonds. The van der Waals surface area contributed by atoms with E-state index in [-0.39, 0.29) is 5.78 Å². The van der Waals surface area contributed by atoms with Crippen molar-refractivity contribution >= 4 is 38.2 Å². The first kappa shape index (κ1) is 14.5. The number of para-hydroxylation sites is 1. The summed E-state index contributed by atoms with van der Waals surface area (Å²) in [5.74, 6) is -1.15. The average molecular weight is 329 g/mol. The van der Waals surface area contributed by atoms with Gasteiger partial charge in [0.1, 0.15) is 5.01 Å².